The van der Waals surface area contributed by atoms with Gasteiger partial charge in [0.25, 0.3) is 0 Å². The van der Waals surface area contributed by atoms with E-state index in [-0.39, 0.29) is 18.4 Å². The highest BCUT2D eigenvalue weighted by Gasteiger charge is 2.76. The van der Waals surface area contributed by atoms with E-state index in [1.165, 1.54) is 40.0 Å². The molecule has 1 aromatic carbocycles. The zero-order valence-electron chi connectivity index (χ0n) is 24.0. The Morgan fingerprint density at radius 1 is 1.02 bits per heavy atom. The van der Waals surface area contributed by atoms with Crippen LogP contribution in [0.4, 0.5) is 0 Å². The van der Waals surface area contributed by atoms with Gasteiger partial charge in [-0.1, -0.05) is 39.0 Å². The first kappa shape index (κ1) is 30.3. The Morgan fingerprint density at radius 2 is 1.62 bits per heavy atom. The monoisotopic (exact) mass is 560 g/mol. The molecule has 0 amide bonds. The van der Waals surface area contributed by atoms with E-state index in [1.54, 1.807) is 39.0 Å². The Hall–Kier alpha value is -2.66. The molecule has 2 bridgehead atoms. The van der Waals surface area contributed by atoms with Crippen LogP contribution in [-0.2, 0) is 28.6 Å². The first-order valence-electron chi connectivity index (χ1n) is 13.6. The summed E-state index contributed by atoms with van der Waals surface area (Å²) in [6, 6.07) is 8.03. The number of esters is 2. The van der Waals surface area contributed by atoms with Crippen LogP contribution in [0.15, 0.2) is 30.3 Å². The number of ether oxygens (including phenoxy) is 3. The number of hydrogen-bond acceptors (Lipinski definition) is 10. The standard InChI is InChI=1S/C30H40O10/c1-15-18(32)14-30(37)25(39-26(36)17-11-9-8-10-12-17)23-28(5,24(35)22(34)21(15)27(30,3)4)19(33)13-20(38-7)29(23,6)40-16(2)31/h8-12,15,18-21,23,25,32-33,37H,13-14H2,1-7H3/t15?,18-,19-,20+,21?,23-,25-,28+,29-,30+/m0/s1. The number of fused-ring (bicyclic) bond motifs is 3. The predicted molar refractivity (Wildman–Crippen MR) is 141 cm³/mol. The van der Waals surface area contributed by atoms with Crippen LogP contribution in [0.5, 0.6) is 0 Å². The molecule has 10 nitrogen and oxygen atoms in total. The fourth-order valence-corrected chi connectivity index (χ4v) is 7.93. The largest absolute Gasteiger partial charge is 0.456 e. The van der Waals surface area contributed by atoms with Crippen LogP contribution in [0, 0.1) is 28.6 Å². The van der Waals surface area contributed by atoms with E-state index in [4.69, 9.17) is 14.2 Å². The van der Waals surface area contributed by atoms with Gasteiger partial charge in [-0.3, -0.25) is 14.4 Å². The molecule has 10 heteroatoms. The summed E-state index contributed by atoms with van der Waals surface area (Å²) in [5, 5.41) is 35.4. The summed E-state index contributed by atoms with van der Waals surface area (Å²) >= 11 is 0. The minimum absolute atomic E-state index is 0.158. The molecule has 4 rings (SSSR count). The Labute approximate surface area is 234 Å². The third kappa shape index (κ3) is 4.14. The van der Waals surface area contributed by atoms with Crippen LogP contribution in [0.2, 0.25) is 0 Å². The maximum Gasteiger partial charge on any atom is 0.338 e. The minimum Gasteiger partial charge on any atom is -0.456 e. The smallest absolute Gasteiger partial charge is 0.338 e. The van der Waals surface area contributed by atoms with Crippen LogP contribution in [0.3, 0.4) is 0 Å². The molecule has 0 aliphatic heterocycles. The van der Waals surface area contributed by atoms with Gasteiger partial charge in [-0.05, 0) is 31.9 Å². The maximum absolute atomic E-state index is 14.3. The molecule has 0 spiro atoms. The van der Waals surface area contributed by atoms with E-state index in [2.05, 4.69) is 0 Å². The summed E-state index contributed by atoms with van der Waals surface area (Å²) in [6.45, 7) is 8.90. The van der Waals surface area contributed by atoms with Gasteiger partial charge in [0, 0.05) is 38.2 Å². The van der Waals surface area contributed by atoms with Gasteiger partial charge in [-0.25, -0.2) is 4.79 Å². The lowest BCUT2D eigenvalue weighted by Gasteiger charge is -2.65. The second-order valence-electron chi connectivity index (χ2n) is 12.7. The molecule has 3 N–H and O–H groups in total. The molecule has 0 saturated heterocycles. The zero-order chi connectivity index (χ0) is 30.0. The summed E-state index contributed by atoms with van der Waals surface area (Å²) in [6.07, 6.45) is -5.81. The van der Waals surface area contributed by atoms with Gasteiger partial charge in [0.2, 0.25) is 11.6 Å². The van der Waals surface area contributed by atoms with Crippen molar-refractivity contribution in [2.75, 3.05) is 7.11 Å². The predicted octanol–water partition coefficient (Wildman–Crippen LogP) is 1.86. The van der Waals surface area contributed by atoms with Crippen molar-refractivity contribution in [3.8, 4) is 0 Å². The summed E-state index contributed by atoms with van der Waals surface area (Å²) in [5.41, 5.74) is -7.05. The van der Waals surface area contributed by atoms with Crippen molar-refractivity contribution >= 4 is 23.5 Å². The number of carbonyl (C=O) groups excluding carboxylic acids is 4. The highest BCUT2D eigenvalue weighted by molar-refractivity contribution is 6.40. The quantitative estimate of drug-likeness (QED) is 0.367. The number of carbonyl (C=O) groups is 4. The van der Waals surface area contributed by atoms with Crippen molar-refractivity contribution in [2.45, 2.75) is 90.0 Å². The number of Topliss-reactive ketones (excluding diaryl/α,β-unsaturated/α-hetero) is 2. The average Bonchev–Trinajstić information content (AvgIpc) is 2.88. The van der Waals surface area contributed by atoms with Crippen LogP contribution in [0.25, 0.3) is 0 Å². The number of benzene rings is 1. The highest BCUT2D eigenvalue weighted by atomic mass is 16.6. The van der Waals surface area contributed by atoms with Crippen molar-refractivity contribution in [1.82, 2.24) is 0 Å². The molecule has 2 unspecified atom stereocenters. The SMILES string of the molecule is CO[C@@H]1C[C@H](O)[C@@]2(C)C(=O)C(=O)C3C(C)[C@@H](O)C[C@@](O)([C@@H](OC(=O)c4ccccc4)[C@@H]2[C@@]1(C)OC(C)=O)C3(C)C. The Morgan fingerprint density at radius 3 is 2.17 bits per heavy atom. The van der Waals surface area contributed by atoms with Gasteiger partial charge in [0.15, 0.2) is 0 Å². The van der Waals surface area contributed by atoms with Crippen molar-refractivity contribution in [1.29, 1.82) is 0 Å². The number of aliphatic hydroxyl groups excluding tert-OH is 2. The van der Waals surface area contributed by atoms with Gasteiger partial charge < -0.3 is 29.5 Å². The lowest BCUT2D eigenvalue weighted by molar-refractivity contribution is -0.294. The lowest BCUT2D eigenvalue weighted by atomic mass is 9.43. The second-order valence-corrected chi connectivity index (χ2v) is 12.7. The molecule has 3 aliphatic rings. The number of ketones is 2. The van der Waals surface area contributed by atoms with Crippen molar-refractivity contribution in [3.63, 3.8) is 0 Å². The number of hydrogen-bond donors (Lipinski definition) is 3. The van der Waals surface area contributed by atoms with Crippen LogP contribution in [0.1, 0.15) is 64.7 Å². The number of rotatable bonds is 4. The number of aliphatic hydroxyl groups is 3. The molecular formula is C30H40O10. The molecule has 0 heterocycles. The van der Waals surface area contributed by atoms with Gasteiger partial charge >= 0.3 is 11.9 Å². The van der Waals surface area contributed by atoms with Crippen molar-refractivity contribution < 1.29 is 48.7 Å². The fourth-order valence-electron chi connectivity index (χ4n) is 7.93. The summed E-state index contributed by atoms with van der Waals surface area (Å²) < 4.78 is 17.7. The van der Waals surface area contributed by atoms with Crippen LogP contribution in [-0.4, -0.2) is 81.6 Å². The average molecular weight is 561 g/mol. The van der Waals surface area contributed by atoms with Crippen molar-refractivity contribution in [3.05, 3.63) is 35.9 Å². The van der Waals surface area contributed by atoms with Gasteiger partial charge in [0.1, 0.15) is 17.3 Å². The molecule has 3 fully saturated rings. The van der Waals surface area contributed by atoms with Gasteiger partial charge in [-0.2, -0.15) is 0 Å². The topological polar surface area (TPSA) is 157 Å². The number of methoxy groups -OCH3 is 1. The summed E-state index contributed by atoms with van der Waals surface area (Å²) in [7, 11) is 1.35. The summed E-state index contributed by atoms with van der Waals surface area (Å²) in [4.78, 5) is 54.4. The molecule has 40 heavy (non-hydrogen) atoms. The molecular weight excluding hydrogens is 520 g/mol. The third-order valence-electron chi connectivity index (χ3n) is 10.2. The first-order valence-corrected chi connectivity index (χ1v) is 13.6. The van der Waals surface area contributed by atoms with Crippen LogP contribution >= 0.6 is 0 Å². The molecule has 0 aromatic heterocycles. The molecule has 3 saturated carbocycles. The molecule has 10 atom stereocenters. The molecule has 1 aromatic rings. The van der Waals surface area contributed by atoms with E-state index in [0.29, 0.717) is 0 Å². The normalized spacial score (nSPS) is 42.7. The molecule has 220 valence electrons. The Balaban J connectivity index is 2.07. The molecule has 3 aliphatic carbocycles. The highest BCUT2D eigenvalue weighted by Crippen LogP contribution is 2.62. The van der Waals surface area contributed by atoms with E-state index in [1.807, 2.05) is 0 Å². The lowest BCUT2D eigenvalue weighted by Crippen LogP contribution is -2.78. The first-order chi connectivity index (χ1) is 18.5. The third-order valence-corrected chi connectivity index (χ3v) is 10.2. The van der Waals surface area contributed by atoms with E-state index < -0.39 is 87.7 Å². The second kappa shape index (κ2) is 10.0. The van der Waals surface area contributed by atoms with E-state index in [0.717, 1.165) is 0 Å². The van der Waals surface area contributed by atoms with Crippen LogP contribution < -0.4 is 0 Å². The maximum atomic E-state index is 14.3. The zero-order valence-corrected chi connectivity index (χ0v) is 24.0. The Bertz CT molecular complexity index is 1200. The summed E-state index contributed by atoms with van der Waals surface area (Å²) in [5.74, 6) is -6.69. The Kier molecular flexibility index (Phi) is 7.58. The van der Waals surface area contributed by atoms with E-state index >= 15 is 0 Å². The fraction of sp³-hybridized carbons (Fsp3) is 0.667. The van der Waals surface area contributed by atoms with Gasteiger partial charge in [-0.15, -0.1) is 0 Å². The van der Waals surface area contributed by atoms with Gasteiger partial charge in [0.05, 0.1) is 35.2 Å². The van der Waals surface area contributed by atoms with E-state index in [9.17, 15) is 34.5 Å². The molecule has 0 radical (unpaired) electrons. The van der Waals surface area contributed by atoms with Crippen molar-refractivity contribution in [2.24, 2.45) is 28.6 Å². The minimum atomic E-state index is -2.10.